The molecule has 0 saturated carbocycles. The molecule has 1 N–H and O–H groups in total. The summed E-state index contributed by atoms with van der Waals surface area (Å²) in [6.07, 6.45) is 0.708. The number of carboxylic acid groups (broad SMARTS) is 1. The maximum Gasteiger partial charge on any atom is 0.336 e. The van der Waals surface area contributed by atoms with Crippen LogP contribution >= 0.6 is 11.3 Å². The molecule has 0 radical (unpaired) electrons. The number of benzene rings is 1. The minimum absolute atomic E-state index is 0.0632. The van der Waals surface area contributed by atoms with Crippen LogP contribution in [0.15, 0.2) is 35.7 Å². The standard InChI is InChI=1S/C17H17NO3S/c1-11(15-6-3-9-22-15)16(19)18-8-7-12-4-2-5-13(17(20)21)14(12)10-18/h2-6,9,11H,7-8,10H2,1H3,(H,20,21). The molecular weight excluding hydrogens is 298 g/mol. The number of carbonyl (C=O) groups is 2. The SMILES string of the molecule is CC(C(=O)N1CCc2cccc(C(=O)O)c2C1)c1cccs1. The van der Waals surface area contributed by atoms with Crippen molar-refractivity contribution in [2.75, 3.05) is 6.54 Å². The van der Waals surface area contributed by atoms with Crippen molar-refractivity contribution in [3.63, 3.8) is 0 Å². The fraction of sp³-hybridized carbons (Fsp3) is 0.294. The molecule has 1 amide bonds. The predicted octanol–water partition coefficient (Wildman–Crippen LogP) is 3.13. The number of thiophene rings is 1. The molecule has 2 heterocycles. The van der Waals surface area contributed by atoms with Gasteiger partial charge in [-0.25, -0.2) is 4.79 Å². The summed E-state index contributed by atoms with van der Waals surface area (Å²) in [5.41, 5.74) is 2.11. The van der Waals surface area contributed by atoms with E-state index in [1.165, 1.54) is 0 Å². The summed E-state index contributed by atoms with van der Waals surface area (Å²) in [5.74, 6) is -1.05. The highest BCUT2D eigenvalue weighted by Crippen LogP contribution is 2.27. The number of carboxylic acids is 1. The minimum Gasteiger partial charge on any atom is -0.478 e. The highest BCUT2D eigenvalue weighted by Gasteiger charge is 2.28. The molecule has 0 aliphatic carbocycles. The van der Waals surface area contributed by atoms with Crippen LogP contribution in [0.25, 0.3) is 0 Å². The highest BCUT2D eigenvalue weighted by atomic mass is 32.1. The average Bonchev–Trinajstić information content (AvgIpc) is 3.06. The fourth-order valence-electron chi connectivity index (χ4n) is 2.90. The fourth-order valence-corrected chi connectivity index (χ4v) is 3.68. The number of fused-ring (bicyclic) bond motifs is 1. The van der Waals surface area contributed by atoms with Crippen LogP contribution in [0, 0.1) is 0 Å². The topological polar surface area (TPSA) is 57.6 Å². The molecule has 0 spiro atoms. The number of hydrogen-bond donors (Lipinski definition) is 1. The van der Waals surface area contributed by atoms with Crippen LogP contribution in [0.2, 0.25) is 0 Å². The van der Waals surface area contributed by atoms with Gasteiger partial charge in [0.1, 0.15) is 0 Å². The van der Waals surface area contributed by atoms with E-state index in [0.717, 1.165) is 16.0 Å². The van der Waals surface area contributed by atoms with Gasteiger partial charge in [0.2, 0.25) is 5.91 Å². The molecule has 22 heavy (non-hydrogen) atoms. The van der Waals surface area contributed by atoms with Crippen molar-refractivity contribution in [2.24, 2.45) is 0 Å². The maximum absolute atomic E-state index is 12.7. The largest absolute Gasteiger partial charge is 0.478 e. The van der Waals surface area contributed by atoms with Crippen LogP contribution in [0.4, 0.5) is 0 Å². The van der Waals surface area contributed by atoms with Gasteiger partial charge in [-0.15, -0.1) is 11.3 Å². The third-order valence-electron chi connectivity index (χ3n) is 4.16. The van der Waals surface area contributed by atoms with Crippen molar-refractivity contribution in [3.8, 4) is 0 Å². The lowest BCUT2D eigenvalue weighted by Crippen LogP contribution is -2.38. The van der Waals surface area contributed by atoms with E-state index in [4.69, 9.17) is 0 Å². The third kappa shape index (κ3) is 2.64. The summed E-state index contributed by atoms with van der Waals surface area (Å²) in [4.78, 5) is 26.9. The molecule has 0 bridgehead atoms. The molecule has 1 atom stereocenters. The summed E-state index contributed by atoms with van der Waals surface area (Å²) >= 11 is 1.58. The Hall–Kier alpha value is -2.14. The van der Waals surface area contributed by atoms with Gasteiger partial charge in [0.15, 0.2) is 0 Å². The molecule has 1 aromatic carbocycles. The minimum atomic E-state index is -0.933. The lowest BCUT2D eigenvalue weighted by atomic mass is 9.94. The molecule has 0 saturated heterocycles. The van der Waals surface area contributed by atoms with E-state index in [2.05, 4.69) is 0 Å². The van der Waals surface area contributed by atoms with E-state index < -0.39 is 5.97 Å². The molecule has 114 valence electrons. The van der Waals surface area contributed by atoms with Gasteiger partial charge >= 0.3 is 5.97 Å². The Morgan fingerprint density at radius 1 is 1.27 bits per heavy atom. The molecule has 4 nitrogen and oxygen atoms in total. The van der Waals surface area contributed by atoms with Gasteiger partial charge in [0.05, 0.1) is 11.5 Å². The smallest absolute Gasteiger partial charge is 0.336 e. The number of aromatic carboxylic acids is 1. The van der Waals surface area contributed by atoms with Gasteiger partial charge in [-0.3, -0.25) is 4.79 Å². The molecule has 1 unspecified atom stereocenters. The summed E-state index contributed by atoms with van der Waals surface area (Å²) in [6, 6.07) is 9.24. The molecule has 1 aliphatic rings. The number of carbonyl (C=O) groups excluding carboxylic acids is 1. The summed E-state index contributed by atoms with van der Waals surface area (Å²) in [5, 5.41) is 11.3. The Morgan fingerprint density at radius 3 is 2.77 bits per heavy atom. The van der Waals surface area contributed by atoms with E-state index in [0.29, 0.717) is 25.1 Å². The van der Waals surface area contributed by atoms with Crippen molar-refractivity contribution >= 4 is 23.2 Å². The maximum atomic E-state index is 12.7. The third-order valence-corrected chi connectivity index (χ3v) is 5.21. The molecule has 1 aromatic heterocycles. The number of hydrogen-bond acceptors (Lipinski definition) is 3. The Labute approximate surface area is 133 Å². The summed E-state index contributed by atoms with van der Waals surface area (Å²) in [7, 11) is 0. The van der Waals surface area contributed by atoms with Crippen LogP contribution in [-0.4, -0.2) is 28.4 Å². The lowest BCUT2D eigenvalue weighted by Gasteiger charge is -2.31. The lowest BCUT2D eigenvalue weighted by molar-refractivity contribution is -0.133. The van der Waals surface area contributed by atoms with Crippen LogP contribution < -0.4 is 0 Å². The second-order valence-corrected chi connectivity index (χ2v) is 6.47. The average molecular weight is 315 g/mol. The van der Waals surface area contributed by atoms with Crippen LogP contribution in [0.1, 0.15) is 39.2 Å². The summed E-state index contributed by atoms with van der Waals surface area (Å²) in [6.45, 7) is 2.93. The van der Waals surface area contributed by atoms with Crippen molar-refractivity contribution < 1.29 is 14.7 Å². The molecule has 1 aliphatic heterocycles. The zero-order chi connectivity index (χ0) is 15.7. The van der Waals surface area contributed by atoms with Crippen LogP contribution in [0.3, 0.4) is 0 Å². The van der Waals surface area contributed by atoms with E-state index >= 15 is 0 Å². The van der Waals surface area contributed by atoms with Gasteiger partial charge in [-0.1, -0.05) is 18.2 Å². The Kier molecular flexibility index (Phi) is 3.98. The number of nitrogens with zero attached hydrogens (tertiary/aromatic N) is 1. The first-order valence-electron chi connectivity index (χ1n) is 7.24. The van der Waals surface area contributed by atoms with Crippen LogP contribution in [-0.2, 0) is 17.8 Å². The first-order chi connectivity index (χ1) is 10.6. The molecule has 0 fully saturated rings. The van der Waals surface area contributed by atoms with Gasteiger partial charge in [-0.2, -0.15) is 0 Å². The second kappa shape index (κ2) is 5.93. The van der Waals surface area contributed by atoms with E-state index in [-0.39, 0.29) is 11.8 Å². The van der Waals surface area contributed by atoms with Crippen molar-refractivity contribution in [2.45, 2.75) is 25.8 Å². The second-order valence-electron chi connectivity index (χ2n) is 5.50. The summed E-state index contributed by atoms with van der Waals surface area (Å²) < 4.78 is 0. The number of amides is 1. The van der Waals surface area contributed by atoms with Crippen molar-refractivity contribution in [3.05, 3.63) is 57.3 Å². The Morgan fingerprint density at radius 2 is 2.09 bits per heavy atom. The van der Waals surface area contributed by atoms with Crippen molar-refractivity contribution in [1.29, 1.82) is 0 Å². The Balaban J connectivity index is 1.85. The Bertz CT molecular complexity index is 709. The monoisotopic (exact) mass is 315 g/mol. The molecule has 5 heteroatoms. The van der Waals surface area contributed by atoms with E-state index in [1.54, 1.807) is 28.4 Å². The highest BCUT2D eigenvalue weighted by molar-refractivity contribution is 7.10. The molecule has 2 aromatic rings. The van der Waals surface area contributed by atoms with Gasteiger partial charge < -0.3 is 10.0 Å². The van der Waals surface area contributed by atoms with Crippen LogP contribution in [0.5, 0.6) is 0 Å². The van der Waals surface area contributed by atoms with Crippen molar-refractivity contribution in [1.82, 2.24) is 4.90 Å². The zero-order valence-electron chi connectivity index (χ0n) is 12.3. The predicted molar refractivity (Wildman–Crippen MR) is 85.3 cm³/mol. The van der Waals surface area contributed by atoms with Gasteiger partial charge in [0, 0.05) is 18.0 Å². The quantitative estimate of drug-likeness (QED) is 0.946. The first kappa shape index (κ1) is 14.8. The number of rotatable bonds is 3. The first-order valence-corrected chi connectivity index (χ1v) is 8.12. The zero-order valence-corrected chi connectivity index (χ0v) is 13.1. The molecule has 3 rings (SSSR count). The van der Waals surface area contributed by atoms with E-state index in [1.807, 2.05) is 30.5 Å². The molecular formula is C17H17NO3S. The van der Waals surface area contributed by atoms with E-state index in [9.17, 15) is 14.7 Å². The van der Waals surface area contributed by atoms with Gasteiger partial charge in [0.25, 0.3) is 0 Å². The van der Waals surface area contributed by atoms with Gasteiger partial charge in [-0.05, 0) is 42.0 Å². The normalized spacial score (nSPS) is 15.2.